The van der Waals surface area contributed by atoms with Crippen LogP contribution in [-0.4, -0.2) is 20.8 Å². The Bertz CT molecular complexity index is 463. The number of hydrogen-bond donors (Lipinski definition) is 1. The van der Waals surface area contributed by atoms with Gasteiger partial charge in [0.1, 0.15) is 5.82 Å². The van der Waals surface area contributed by atoms with Crippen molar-refractivity contribution in [3.8, 4) is 10.7 Å². The van der Waals surface area contributed by atoms with Crippen molar-refractivity contribution in [2.24, 2.45) is 0 Å². The van der Waals surface area contributed by atoms with Gasteiger partial charge in [-0.3, -0.25) is 0 Å². The van der Waals surface area contributed by atoms with Gasteiger partial charge in [-0.15, -0.1) is 11.3 Å². The van der Waals surface area contributed by atoms with Crippen molar-refractivity contribution in [1.29, 1.82) is 0 Å². The van der Waals surface area contributed by atoms with E-state index >= 15 is 0 Å². The molecular formula is C12H14N2OS. The lowest BCUT2D eigenvalue weighted by Crippen LogP contribution is -2.18. The van der Waals surface area contributed by atoms with E-state index < -0.39 is 0 Å². The van der Waals surface area contributed by atoms with Crippen LogP contribution < -0.4 is 0 Å². The number of thiophene rings is 1. The van der Waals surface area contributed by atoms with Crippen LogP contribution in [-0.2, 0) is 0 Å². The minimum Gasteiger partial charge on any atom is -0.391 e. The third kappa shape index (κ3) is 1.58. The normalized spacial score (nSPS) is 25.1. The lowest BCUT2D eigenvalue weighted by atomic mass is 10.2. The Labute approximate surface area is 98.4 Å². The molecule has 3 nitrogen and oxygen atoms in total. The number of aliphatic hydroxyl groups excluding tert-OH is 1. The predicted molar refractivity (Wildman–Crippen MR) is 64.4 cm³/mol. The summed E-state index contributed by atoms with van der Waals surface area (Å²) in [5.41, 5.74) is 0. The van der Waals surface area contributed by atoms with Gasteiger partial charge in [0.15, 0.2) is 0 Å². The molecule has 2 atom stereocenters. The average Bonchev–Trinajstić information content (AvgIpc) is 2.95. The summed E-state index contributed by atoms with van der Waals surface area (Å²) in [6, 6.07) is 4.31. The lowest BCUT2D eigenvalue weighted by Gasteiger charge is -2.18. The molecule has 0 radical (unpaired) electrons. The number of aliphatic hydroxyl groups is 1. The smallest absolute Gasteiger partial charge is 0.150 e. The van der Waals surface area contributed by atoms with Crippen LogP contribution in [0, 0.1) is 0 Å². The number of aromatic nitrogens is 2. The van der Waals surface area contributed by atoms with Gasteiger partial charge in [0.05, 0.1) is 17.0 Å². The zero-order chi connectivity index (χ0) is 11.0. The van der Waals surface area contributed by atoms with Gasteiger partial charge < -0.3 is 9.67 Å². The third-order valence-corrected chi connectivity index (χ3v) is 4.08. The van der Waals surface area contributed by atoms with Crippen LogP contribution in [0.5, 0.6) is 0 Å². The molecule has 1 saturated carbocycles. The van der Waals surface area contributed by atoms with Gasteiger partial charge in [-0.1, -0.05) is 6.07 Å². The zero-order valence-corrected chi connectivity index (χ0v) is 9.73. The molecule has 3 rings (SSSR count). The molecule has 84 valence electrons. The van der Waals surface area contributed by atoms with Gasteiger partial charge in [-0.05, 0) is 30.7 Å². The van der Waals surface area contributed by atoms with Crippen LogP contribution in [0.3, 0.4) is 0 Å². The molecule has 1 aliphatic rings. The van der Waals surface area contributed by atoms with E-state index in [1.165, 1.54) is 4.88 Å². The molecule has 2 heterocycles. The van der Waals surface area contributed by atoms with E-state index in [1.54, 1.807) is 11.3 Å². The van der Waals surface area contributed by atoms with Crippen LogP contribution in [0.2, 0.25) is 0 Å². The van der Waals surface area contributed by atoms with E-state index in [0.717, 1.165) is 25.1 Å². The minimum absolute atomic E-state index is 0.208. The first-order chi connectivity index (χ1) is 7.86. The molecule has 1 aliphatic carbocycles. The fraction of sp³-hybridized carbons (Fsp3) is 0.417. The van der Waals surface area contributed by atoms with Gasteiger partial charge in [-0.2, -0.15) is 0 Å². The summed E-state index contributed by atoms with van der Waals surface area (Å²) in [6.07, 6.45) is 6.65. The Balaban J connectivity index is 1.99. The van der Waals surface area contributed by atoms with Crippen molar-refractivity contribution < 1.29 is 5.11 Å². The minimum atomic E-state index is -0.215. The van der Waals surface area contributed by atoms with Gasteiger partial charge in [-0.25, -0.2) is 4.98 Å². The molecule has 0 spiro atoms. The fourth-order valence-electron chi connectivity index (χ4n) is 2.42. The molecular weight excluding hydrogens is 220 g/mol. The number of imidazole rings is 1. The Morgan fingerprint density at radius 2 is 2.38 bits per heavy atom. The summed E-state index contributed by atoms with van der Waals surface area (Å²) in [7, 11) is 0. The predicted octanol–water partition coefficient (Wildman–Crippen LogP) is 2.70. The maximum absolute atomic E-state index is 9.94. The van der Waals surface area contributed by atoms with E-state index in [4.69, 9.17) is 0 Å². The van der Waals surface area contributed by atoms with E-state index in [9.17, 15) is 5.11 Å². The van der Waals surface area contributed by atoms with Crippen LogP contribution in [0.1, 0.15) is 25.3 Å². The summed E-state index contributed by atoms with van der Waals surface area (Å²) in [5.74, 6) is 0.987. The molecule has 1 N–H and O–H groups in total. The van der Waals surface area contributed by atoms with Crippen molar-refractivity contribution in [3.05, 3.63) is 29.9 Å². The maximum atomic E-state index is 9.94. The van der Waals surface area contributed by atoms with Crippen LogP contribution >= 0.6 is 11.3 Å². The zero-order valence-electron chi connectivity index (χ0n) is 8.91. The Kier molecular flexibility index (Phi) is 2.53. The third-order valence-electron chi connectivity index (χ3n) is 3.21. The number of rotatable bonds is 2. The molecule has 0 aromatic carbocycles. The average molecular weight is 234 g/mol. The molecule has 0 saturated heterocycles. The second-order valence-corrected chi connectivity index (χ2v) is 5.15. The van der Waals surface area contributed by atoms with Crippen molar-refractivity contribution >= 4 is 11.3 Å². The number of hydrogen-bond acceptors (Lipinski definition) is 3. The van der Waals surface area contributed by atoms with Crippen LogP contribution in [0.25, 0.3) is 10.7 Å². The standard InChI is InChI=1S/C12H14N2OS/c15-10-4-1-3-9(10)14-7-6-13-12(14)11-5-2-8-16-11/h2,5-10,15H,1,3-4H2/t9-,10-/m1/s1. The highest BCUT2D eigenvalue weighted by Crippen LogP contribution is 2.34. The highest BCUT2D eigenvalue weighted by Gasteiger charge is 2.28. The topological polar surface area (TPSA) is 38.0 Å². The summed E-state index contributed by atoms with van der Waals surface area (Å²) in [6.45, 7) is 0. The fourth-order valence-corrected chi connectivity index (χ4v) is 3.15. The quantitative estimate of drug-likeness (QED) is 0.867. The summed E-state index contributed by atoms with van der Waals surface area (Å²) in [4.78, 5) is 5.57. The number of nitrogens with zero attached hydrogens (tertiary/aromatic N) is 2. The summed E-state index contributed by atoms with van der Waals surface area (Å²) < 4.78 is 2.13. The first-order valence-corrected chi connectivity index (χ1v) is 6.49. The Hall–Kier alpha value is -1.13. The van der Waals surface area contributed by atoms with E-state index in [0.29, 0.717) is 0 Å². The Morgan fingerprint density at radius 1 is 1.44 bits per heavy atom. The first-order valence-electron chi connectivity index (χ1n) is 5.61. The van der Waals surface area contributed by atoms with E-state index in [1.807, 2.05) is 18.5 Å². The molecule has 2 aromatic rings. The molecule has 1 fully saturated rings. The molecule has 0 aliphatic heterocycles. The second kappa shape index (κ2) is 4.03. The van der Waals surface area contributed by atoms with Crippen molar-refractivity contribution in [1.82, 2.24) is 9.55 Å². The van der Waals surface area contributed by atoms with Crippen molar-refractivity contribution in [3.63, 3.8) is 0 Å². The monoisotopic (exact) mass is 234 g/mol. The molecule has 4 heteroatoms. The lowest BCUT2D eigenvalue weighted by molar-refractivity contribution is 0.137. The highest BCUT2D eigenvalue weighted by atomic mass is 32.1. The van der Waals surface area contributed by atoms with Gasteiger partial charge in [0.25, 0.3) is 0 Å². The second-order valence-electron chi connectivity index (χ2n) is 4.20. The van der Waals surface area contributed by atoms with Crippen LogP contribution in [0.4, 0.5) is 0 Å². The van der Waals surface area contributed by atoms with Crippen molar-refractivity contribution in [2.45, 2.75) is 31.4 Å². The van der Waals surface area contributed by atoms with E-state index in [2.05, 4.69) is 21.0 Å². The SMILES string of the molecule is O[C@@H]1CCC[C@H]1n1ccnc1-c1cccs1. The van der Waals surface area contributed by atoms with Gasteiger partial charge >= 0.3 is 0 Å². The van der Waals surface area contributed by atoms with Crippen molar-refractivity contribution in [2.75, 3.05) is 0 Å². The summed E-state index contributed by atoms with van der Waals surface area (Å²) in [5, 5.41) is 12.0. The molecule has 16 heavy (non-hydrogen) atoms. The Morgan fingerprint density at radius 3 is 3.06 bits per heavy atom. The molecule has 2 aromatic heterocycles. The largest absolute Gasteiger partial charge is 0.391 e. The van der Waals surface area contributed by atoms with Gasteiger partial charge in [0, 0.05) is 12.4 Å². The van der Waals surface area contributed by atoms with E-state index in [-0.39, 0.29) is 12.1 Å². The molecule has 0 unspecified atom stereocenters. The summed E-state index contributed by atoms with van der Waals surface area (Å²) >= 11 is 1.69. The first kappa shape index (κ1) is 10.1. The van der Waals surface area contributed by atoms with Crippen LogP contribution in [0.15, 0.2) is 29.9 Å². The molecule has 0 bridgehead atoms. The molecule has 0 amide bonds. The maximum Gasteiger partial charge on any atom is 0.150 e. The van der Waals surface area contributed by atoms with Gasteiger partial charge in [0.2, 0.25) is 0 Å². The highest BCUT2D eigenvalue weighted by molar-refractivity contribution is 7.13.